The van der Waals surface area contributed by atoms with Crippen LogP contribution in [-0.2, 0) is 64.0 Å². The van der Waals surface area contributed by atoms with Crippen LogP contribution in [0.1, 0.15) is 151 Å². The van der Waals surface area contributed by atoms with Gasteiger partial charge in [0.05, 0.1) is 0 Å². The predicted octanol–water partition coefficient (Wildman–Crippen LogP) is 12.6. The minimum Gasteiger partial charge on any atom is -1.00 e. The van der Waals surface area contributed by atoms with Crippen molar-refractivity contribution in [2.24, 2.45) is 0 Å². The summed E-state index contributed by atoms with van der Waals surface area (Å²) in [5, 5.41) is 11.4. The Hall–Kier alpha value is -2.24. The third-order valence-corrected chi connectivity index (χ3v) is 11.5. The topological polar surface area (TPSA) is 0 Å². The molecular formula is C60H80Cl2Si2Ti2-2. The monoisotopic (exact) mass is 1020 g/mol. The van der Waals surface area contributed by atoms with E-state index in [1.54, 1.807) is 0 Å². The number of aryl methyl sites for hydroxylation is 4. The molecule has 0 radical (unpaired) electrons. The Morgan fingerprint density at radius 3 is 0.667 bits per heavy atom. The molecule has 0 aliphatic carbocycles. The Bertz CT molecular complexity index is 2300. The second-order valence-electron chi connectivity index (χ2n) is 18.9. The summed E-state index contributed by atoms with van der Waals surface area (Å²) in [6.45, 7) is 36.0. The summed E-state index contributed by atoms with van der Waals surface area (Å²) in [5.41, 5.74) is 11.7. The van der Waals surface area contributed by atoms with Gasteiger partial charge in [0.25, 0.3) is 0 Å². The fourth-order valence-electron chi connectivity index (χ4n) is 8.11. The zero-order valence-electron chi connectivity index (χ0n) is 43.4. The van der Waals surface area contributed by atoms with Crippen molar-refractivity contribution in [1.29, 1.82) is 0 Å². The van der Waals surface area contributed by atoms with Gasteiger partial charge in [-0.1, -0.05) is 130 Å². The number of hydrogen-bond donors (Lipinski definition) is 0. The number of halogens is 2. The predicted molar refractivity (Wildman–Crippen MR) is 287 cm³/mol. The zero-order chi connectivity index (χ0) is 47.7. The van der Waals surface area contributed by atoms with E-state index in [1.807, 2.05) is 0 Å². The van der Waals surface area contributed by atoms with Gasteiger partial charge in [0.2, 0.25) is 0 Å². The first-order valence-electron chi connectivity index (χ1n) is 24.1. The van der Waals surface area contributed by atoms with Crippen LogP contribution < -0.4 is 24.8 Å². The minimum atomic E-state index is 0. The molecule has 8 aromatic rings. The molecule has 0 N–H and O–H groups in total. The van der Waals surface area contributed by atoms with E-state index < -0.39 is 0 Å². The average Bonchev–Trinajstić information content (AvgIpc) is 4.06. The van der Waals surface area contributed by atoms with E-state index in [9.17, 15) is 0 Å². The molecule has 0 amide bonds. The molecule has 6 heteroatoms. The Morgan fingerprint density at radius 2 is 0.530 bits per heavy atom. The normalized spacial score (nSPS) is 10.5. The molecule has 8 rings (SSSR count). The van der Waals surface area contributed by atoms with Crippen molar-refractivity contribution in [1.82, 2.24) is 0 Å². The number of rotatable bonds is 8. The van der Waals surface area contributed by atoms with Crippen molar-refractivity contribution < 1.29 is 63.2 Å². The van der Waals surface area contributed by atoms with Crippen LogP contribution in [0.25, 0.3) is 43.1 Å². The van der Waals surface area contributed by atoms with Crippen LogP contribution in [0.4, 0.5) is 0 Å². The summed E-state index contributed by atoms with van der Waals surface area (Å²) in [7, 11) is 0. The van der Waals surface area contributed by atoms with Gasteiger partial charge in [-0.15, -0.1) is 138 Å². The first-order chi connectivity index (χ1) is 30.3. The van der Waals surface area contributed by atoms with Crippen molar-refractivity contribution in [3.63, 3.8) is 0 Å². The van der Waals surface area contributed by atoms with Crippen LogP contribution in [0.5, 0.6) is 0 Å². The molecule has 0 aliphatic heterocycles. The average molecular weight is 1020 g/mol. The van der Waals surface area contributed by atoms with Gasteiger partial charge in [-0.05, 0) is 49.4 Å². The third-order valence-electron chi connectivity index (χ3n) is 11.5. The van der Waals surface area contributed by atoms with E-state index in [2.05, 4.69) is 269 Å². The summed E-state index contributed by atoms with van der Waals surface area (Å²) >= 11 is 4.54. The Morgan fingerprint density at radius 1 is 0.364 bits per heavy atom. The van der Waals surface area contributed by atoms with Gasteiger partial charge in [0, 0.05) is 0 Å². The molecule has 0 spiro atoms. The van der Waals surface area contributed by atoms with Gasteiger partial charge >= 0.3 is 76.9 Å². The summed E-state index contributed by atoms with van der Waals surface area (Å²) in [5.74, 6) is 2.47. The Labute approximate surface area is 439 Å². The van der Waals surface area contributed by atoms with Crippen molar-refractivity contribution >= 4 is 55.5 Å². The van der Waals surface area contributed by atoms with Gasteiger partial charge in [-0.3, -0.25) is 0 Å². The fourth-order valence-corrected chi connectivity index (χ4v) is 8.11. The minimum absolute atomic E-state index is 0. The van der Waals surface area contributed by atoms with E-state index in [4.69, 9.17) is 0 Å². The van der Waals surface area contributed by atoms with Gasteiger partial charge < -0.3 is 24.8 Å². The van der Waals surface area contributed by atoms with Crippen molar-refractivity contribution in [3.8, 4) is 0 Å². The molecule has 0 fully saturated rings. The van der Waals surface area contributed by atoms with E-state index in [0.29, 0.717) is 23.7 Å². The molecule has 352 valence electrons. The summed E-state index contributed by atoms with van der Waals surface area (Å²) in [6, 6.07) is 45.0. The summed E-state index contributed by atoms with van der Waals surface area (Å²) in [6.07, 6.45) is 4.77. The van der Waals surface area contributed by atoms with Gasteiger partial charge in [0.1, 0.15) is 0 Å². The third kappa shape index (κ3) is 18.9. The first-order valence-corrected chi connectivity index (χ1v) is 33.8. The molecule has 0 aliphatic rings. The summed E-state index contributed by atoms with van der Waals surface area (Å²) < 4.78 is 0. The molecule has 0 atom stereocenters. The van der Waals surface area contributed by atoms with Crippen LogP contribution in [0.15, 0.2) is 121 Å². The molecule has 0 unspecified atom stereocenters. The fraction of sp³-hybridized carbons (Fsp3) is 0.400. The quantitative estimate of drug-likeness (QED) is 0.105. The van der Waals surface area contributed by atoms with E-state index >= 15 is 0 Å². The molecule has 66 heavy (non-hydrogen) atoms. The van der Waals surface area contributed by atoms with Crippen LogP contribution in [-0.4, -0.2) is 12.4 Å². The smallest absolute Gasteiger partial charge is 1.00 e. The molecule has 0 saturated heterocycles. The molecule has 0 heterocycles. The summed E-state index contributed by atoms with van der Waals surface area (Å²) in [4.78, 5) is 0. The SMILES string of the molecule is CCc1cc2c(C(C)C)cccc2[cH-]1.CCc1cc2c(C(C)C)cccc2[cH-]1.CCc1cc2c(C(C)C)cccc2[cH-]1.CCc1cc2c(C(C)C)cccc2[cH-]1.C[Si](C)=[Ti+2].C[Si](C)=[Ti+2].[Cl-].[Cl-]. The van der Waals surface area contributed by atoms with Gasteiger partial charge in [0.15, 0.2) is 0 Å². The maximum absolute atomic E-state index is 2.34. The second-order valence-corrected chi connectivity index (χ2v) is 32.3. The maximum atomic E-state index is 2.34. The number of fused-ring (bicyclic) bond motifs is 4. The van der Waals surface area contributed by atoms with Crippen LogP contribution >= 0.6 is 0 Å². The number of hydrogen-bond acceptors (Lipinski definition) is 0. The zero-order valence-corrected chi connectivity index (χ0v) is 50.1. The molecule has 0 nitrogen and oxygen atoms in total. The van der Waals surface area contributed by atoms with Crippen molar-refractivity contribution in [2.45, 2.75) is 159 Å². The largest absolute Gasteiger partial charge is 1.00 e. The Kier molecular flexibility index (Phi) is 29.1. The molecular weight excluding hydrogens is 943 g/mol. The van der Waals surface area contributed by atoms with Crippen LogP contribution in [0.2, 0.25) is 26.2 Å². The van der Waals surface area contributed by atoms with Gasteiger partial charge in [-0.25, -0.2) is 0 Å². The maximum Gasteiger partial charge on any atom is -1.00 e. The molecule has 0 bridgehead atoms. The molecule has 8 aromatic carbocycles. The standard InChI is InChI=1S/4C14H17.2C2H6Si.2ClH.2Ti/c4*1-4-11-8-12-6-5-7-13(10(2)3)14(12)9-11;2*1-3-2;;;;/h4*5-10H,4H2,1-3H3;2*1-2H3;2*1H;;/q4*-1;;;;;2*+2/p-2. The number of benzene rings is 4. The van der Waals surface area contributed by atoms with E-state index in [1.165, 1.54) is 87.6 Å². The first kappa shape index (κ1) is 61.8. The second kappa shape index (κ2) is 31.1. The van der Waals surface area contributed by atoms with E-state index in [0.717, 1.165) is 25.7 Å². The molecule has 0 saturated carbocycles. The van der Waals surface area contributed by atoms with Crippen molar-refractivity contribution in [3.05, 3.63) is 166 Å². The van der Waals surface area contributed by atoms with Crippen molar-refractivity contribution in [2.75, 3.05) is 0 Å². The molecule has 0 aromatic heterocycles. The Balaban J connectivity index is 0.000000413. The van der Waals surface area contributed by atoms with Crippen LogP contribution in [0, 0.1) is 0 Å². The van der Waals surface area contributed by atoms with Gasteiger partial charge in [-0.2, -0.15) is 24.3 Å². The van der Waals surface area contributed by atoms with E-state index in [-0.39, 0.29) is 37.2 Å². The van der Waals surface area contributed by atoms with Crippen LogP contribution in [0.3, 0.4) is 0 Å².